The second-order valence-corrected chi connectivity index (χ2v) is 16.4. The molecule has 46 heavy (non-hydrogen) atoms. The fourth-order valence-corrected chi connectivity index (χ4v) is 7.86. The average molecular weight is 683 g/mol. The first-order valence-corrected chi connectivity index (χ1v) is 18.6. The van der Waals surface area contributed by atoms with Crippen LogP contribution >= 0.6 is 0 Å². The predicted molar refractivity (Wildman–Crippen MR) is 173 cm³/mol. The van der Waals surface area contributed by atoms with E-state index < -0.39 is 56.1 Å². The highest BCUT2D eigenvalue weighted by Gasteiger charge is 2.44. The molecule has 0 bridgehead atoms. The van der Waals surface area contributed by atoms with Crippen LogP contribution in [0.25, 0.3) is 0 Å². The zero-order chi connectivity index (χ0) is 33.5. The normalized spacial score (nSPS) is 21.5. The van der Waals surface area contributed by atoms with Gasteiger partial charge in [0.2, 0.25) is 20.0 Å². The van der Waals surface area contributed by atoms with E-state index in [0.29, 0.717) is 25.1 Å². The number of rotatable bonds is 16. The molecule has 256 valence electrons. The summed E-state index contributed by atoms with van der Waals surface area (Å²) in [6, 6.07) is 14.7. The van der Waals surface area contributed by atoms with E-state index in [9.17, 15) is 26.7 Å². The number of sulfonamides is 2. The lowest BCUT2D eigenvalue weighted by Gasteiger charge is -2.35. The lowest BCUT2D eigenvalue weighted by molar-refractivity contribution is -0.0907. The zero-order valence-electron chi connectivity index (χ0n) is 26.7. The largest absolute Gasteiger partial charge is 0.443 e. The molecule has 2 aromatic carbocycles. The minimum atomic E-state index is -4.16. The van der Waals surface area contributed by atoms with Crippen LogP contribution in [0.4, 0.5) is 10.5 Å². The van der Waals surface area contributed by atoms with E-state index in [1.165, 1.54) is 16.4 Å². The number of carbonyl (C=O) groups is 1. The van der Waals surface area contributed by atoms with Crippen molar-refractivity contribution in [3.8, 4) is 0 Å². The van der Waals surface area contributed by atoms with Gasteiger partial charge in [-0.2, -0.15) is 4.31 Å². The van der Waals surface area contributed by atoms with Gasteiger partial charge >= 0.3 is 6.09 Å². The number of hydrogen-bond acceptors (Lipinski definition) is 10. The van der Waals surface area contributed by atoms with E-state index in [1.807, 2.05) is 44.2 Å². The summed E-state index contributed by atoms with van der Waals surface area (Å²) in [4.78, 5) is 13.2. The lowest BCUT2D eigenvalue weighted by atomic mass is 9.89. The summed E-state index contributed by atoms with van der Waals surface area (Å²) in [7, 11) is -5.91. The first-order chi connectivity index (χ1) is 21.7. The van der Waals surface area contributed by atoms with E-state index in [4.69, 9.17) is 14.2 Å². The molecule has 0 aliphatic carbocycles. The Morgan fingerprint density at radius 2 is 1.85 bits per heavy atom. The van der Waals surface area contributed by atoms with E-state index in [1.54, 1.807) is 19.2 Å². The smallest absolute Gasteiger partial charge is 0.407 e. The van der Waals surface area contributed by atoms with Crippen LogP contribution in [0, 0.1) is 11.3 Å². The number of anilines is 1. The Hall–Kier alpha value is -2.79. The Morgan fingerprint density at radius 1 is 1.11 bits per heavy atom. The molecule has 2 aromatic rings. The summed E-state index contributed by atoms with van der Waals surface area (Å²) >= 11 is 0. The number of hydrogen-bond donors (Lipinski definition) is 4. The maximum absolute atomic E-state index is 14.1. The van der Waals surface area contributed by atoms with Crippen LogP contribution < -0.4 is 15.4 Å². The van der Waals surface area contributed by atoms with Crippen LogP contribution in [0.1, 0.15) is 32.3 Å². The van der Waals surface area contributed by atoms with Gasteiger partial charge in [-0.05, 0) is 48.4 Å². The van der Waals surface area contributed by atoms with Gasteiger partial charge in [0.1, 0.15) is 6.10 Å². The minimum absolute atomic E-state index is 0.0261. The maximum Gasteiger partial charge on any atom is 0.407 e. The fraction of sp³-hybridized carbons (Fsp3) is 0.581. The molecular weight excluding hydrogens is 636 g/mol. The molecule has 13 nitrogen and oxygen atoms in total. The van der Waals surface area contributed by atoms with E-state index >= 15 is 0 Å². The zero-order valence-corrected chi connectivity index (χ0v) is 28.3. The second kappa shape index (κ2) is 15.4. The quantitative estimate of drug-likeness (QED) is 0.206. The van der Waals surface area contributed by atoms with Gasteiger partial charge in [0.15, 0.2) is 6.29 Å². The van der Waals surface area contributed by atoms with Gasteiger partial charge in [0.05, 0.1) is 42.4 Å². The molecule has 1 amide bonds. The van der Waals surface area contributed by atoms with Crippen molar-refractivity contribution in [2.75, 3.05) is 51.5 Å². The highest BCUT2D eigenvalue weighted by molar-refractivity contribution is 7.89. The lowest BCUT2D eigenvalue weighted by Crippen LogP contribution is -2.52. The minimum Gasteiger partial charge on any atom is -0.443 e. The molecule has 2 fully saturated rings. The first-order valence-electron chi connectivity index (χ1n) is 15.3. The van der Waals surface area contributed by atoms with Crippen LogP contribution in [-0.2, 0) is 40.7 Å². The molecule has 15 heteroatoms. The summed E-state index contributed by atoms with van der Waals surface area (Å²) in [5, 5.41) is 17.4. The molecule has 0 radical (unpaired) electrons. The van der Waals surface area contributed by atoms with Crippen LogP contribution in [0.5, 0.6) is 0 Å². The summed E-state index contributed by atoms with van der Waals surface area (Å²) in [5.74, 6) is -0.0725. The van der Waals surface area contributed by atoms with E-state index in [2.05, 4.69) is 15.4 Å². The van der Waals surface area contributed by atoms with Crippen molar-refractivity contribution in [3.05, 3.63) is 60.2 Å². The molecule has 5 atom stereocenters. The van der Waals surface area contributed by atoms with Gasteiger partial charge in [0.25, 0.3) is 0 Å². The third-order valence-electron chi connectivity index (χ3n) is 8.23. The molecule has 2 heterocycles. The Bertz CT molecular complexity index is 1520. The molecule has 0 spiro atoms. The third kappa shape index (κ3) is 10.1. The SMILES string of the molecule is CNc1cccc(S(=O)(=O)N(C[C@@H](O)[C@H](Cc2ccccc2)NC(=O)O[C@H]2CO[C@H]3OCC[C@H]32)CC(C)(C)CCNS(C)(=O)=O)c1. The first kappa shape index (κ1) is 36.1. The molecule has 2 aliphatic rings. The van der Waals surface area contributed by atoms with Crippen molar-refractivity contribution < 1.29 is 40.9 Å². The molecule has 4 rings (SSSR count). The van der Waals surface area contributed by atoms with Gasteiger partial charge in [0, 0.05) is 32.4 Å². The number of nitrogens with zero attached hydrogens (tertiary/aromatic N) is 1. The van der Waals surface area contributed by atoms with Crippen LogP contribution in [-0.4, -0.2) is 103 Å². The monoisotopic (exact) mass is 682 g/mol. The van der Waals surface area contributed by atoms with Gasteiger partial charge in [-0.3, -0.25) is 0 Å². The number of nitrogens with one attached hydrogen (secondary N) is 3. The highest BCUT2D eigenvalue weighted by atomic mass is 32.2. The van der Waals surface area contributed by atoms with Crippen LogP contribution in [0.15, 0.2) is 59.5 Å². The maximum atomic E-state index is 14.1. The Kier molecular flexibility index (Phi) is 12.1. The van der Waals surface area contributed by atoms with Gasteiger partial charge in [-0.1, -0.05) is 50.2 Å². The Balaban J connectivity index is 1.57. The van der Waals surface area contributed by atoms with Crippen molar-refractivity contribution in [1.82, 2.24) is 14.3 Å². The summed E-state index contributed by atoms with van der Waals surface area (Å²) in [6.07, 6.45) is -0.696. The molecule has 0 unspecified atom stereocenters. The fourth-order valence-electron chi connectivity index (χ4n) is 5.70. The second-order valence-electron chi connectivity index (χ2n) is 12.6. The average Bonchev–Trinajstić information content (AvgIpc) is 3.61. The number of amides is 1. The van der Waals surface area contributed by atoms with E-state index in [-0.39, 0.29) is 43.5 Å². The van der Waals surface area contributed by atoms with Crippen LogP contribution in [0.3, 0.4) is 0 Å². The van der Waals surface area contributed by atoms with Crippen molar-refractivity contribution in [1.29, 1.82) is 0 Å². The number of aliphatic hydroxyl groups is 1. The van der Waals surface area contributed by atoms with Gasteiger partial charge in [-0.15, -0.1) is 0 Å². The summed E-state index contributed by atoms with van der Waals surface area (Å²) in [6.45, 7) is 4.11. The molecule has 0 aromatic heterocycles. The topological polar surface area (TPSA) is 173 Å². The number of aliphatic hydroxyl groups excluding tert-OH is 1. The van der Waals surface area contributed by atoms with Crippen molar-refractivity contribution in [2.24, 2.45) is 11.3 Å². The Morgan fingerprint density at radius 3 is 2.54 bits per heavy atom. The van der Waals surface area contributed by atoms with Gasteiger partial charge < -0.3 is 30.0 Å². The number of fused-ring (bicyclic) bond motifs is 1. The van der Waals surface area contributed by atoms with Crippen molar-refractivity contribution in [2.45, 2.75) is 62.5 Å². The number of carbonyl (C=O) groups excluding carboxylic acids is 1. The van der Waals surface area contributed by atoms with Crippen molar-refractivity contribution >= 4 is 31.8 Å². The summed E-state index contributed by atoms with van der Waals surface area (Å²) in [5.41, 5.74) is 0.716. The standard InChI is InChI=1S/C31H46N4O9S2/c1-31(2,14-15-33-45(4,38)39)21-35(46(40,41)24-12-8-11-23(18-24)32-3)19-27(36)26(17-22-9-6-5-7-10-22)34-30(37)44-28-20-43-29-25(28)13-16-42-29/h5-12,18,25-29,32-33,36H,13-17,19-21H2,1-4H3,(H,34,37)/t25-,26-,27+,28-,29+/m0/s1. The van der Waals surface area contributed by atoms with Crippen LogP contribution in [0.2, 0.25) is 0 Å². The molecule has 2 saturated heterocycles. The van der Waals surface area contributed by atoms with Gasteiger partial charge in [-0.25, -0.2) is 26.4 Å². The molecular formula is C31H46N4O9S2. The summed E-state index contributed by atoms with van der Waals surface area (Å²) < 4.78 is 72.0. The number of benzene rings is 2. The number of alkyl carbamates (subject to hydrolysis) is 1. The molecule has 0 saturated carbocycles. The highest BCUT2D eigenvalue weighted by Crippen LogP contribution is 2.33. The molecule has 4 N–H and O–H groups in total. The Labute approximate surface area is 272 Å². The van der Waals surface area contributed by atoms with E-state index in [0.717, 1.165) is 11.8 Å². The predicted octanol–water partition coefficient (Wildman–Crippen LogP) is 2.14. The third-order valence-corrected chi connectivity index (χ3v) is 10.8. The molecule has 2 aliphatic heterocycles. The van der Waals surface area contributed by atoms with Crippen molar-refractivity contribution in [3.63, 3.8) is 0 Å². The number of ether oxygens (including phenoxy) is 3.